The van der Waals surface area contributed by atoms with Crippen LogP contribution >= 0.6 is 12.4 Å². The van der Waals surface area contributed by atoms with Crippen LogP contribution in [0, 0.1) is 0 Å². The zero-order chi connectivity index (χ0) is 11.4. The van der Waals surface area contributed by atoms with Crippen LogP contribution in [0.5, 0.6) is 5.75 Å². The van der Waals surface area contributed by atoms with Crippen LogP contribution in [0.3, 0.4) is 0 Å². The van der Waals surface area contributed by atoms with Crippen molar-refractivity contribution in [3.63, 3.8) is 0 Å². The van der Waals surface area contributed by atoms with E-state index < -0.39 is 6.61 Å². The quantitative estimate of drug-likeness (QED) is 0.901. The average molecular weight is 264 g/mol. The zero-order valence-electron chi connectivity index (χ0n) is 9.36. The van der Waals surface area contributed by atoms with Crippen molar-refractivity contribution in [1.82, 2.24) is 5.32 Å². The maximum atomic E-state index is 12.1. The first-order valence-electron chi connectivity index (χ1n) is 5.54. The van der Waals surface area contributed by atoms with Crippen molar-refractivity contribution in [2.45, 2.75) is 31.9 Å². The minimum Gasteiger partial charge on any atom is -0.435 e. The van der Waals surface area contributed by atoms with Crippen LogP contribution in [0.2, 0.25) is 0 Å². The van der Waals surface area contributed by atoms with E-state index in [1.807, 2.05) is 6.07 Å². The molecule has 1 heterocycles. The van der Waals surface area contributed by atoms with Gasteiger partial charge in [0.05, 0.1) is 0 Å². The number of hydrogen-bond donors (Lipinski definition) is 1. The Morgan fingerprint density at radius 2 is 2.12 bits per heavy atom. The van der Waals surface area contributed by atoms with Crippen molar-refractivity contribution < 1.29 is 13.5 Å². The molecule has 17 heavy (non-hydrogen) atoms. The monoisotopic (exact) mass is 263 g/mol. The van der Waals surface area contributed by atoms with E-state index in [-0.39, 0.29) is 24.2 Å². The molecule has 0 bridgehead atoms. The van der Waals surface area contributed by atoms with Gasteiger partial charge in [0.15, 0.2) is 0 Å². The summed E-state index contributed by atoms with van der Waals surface area (Å²) in [7, 11) is 0. The summed E-state index contributed by atoms with van der Waals surface area (Å²) in [6.45, 7) is -1.76. The minimum atomic E-state index is -2.76. The van der Waals surface area contributed by atoms with Crippen LogP contribution in [-0.4, -0.2) is 13.2 Å². The Kier molecular flexibility index (Phi) is 5.65. The van der Waals surface area contributed by atoms with E-state index in [4.69, 9.17) is 0 Å². The highest BCUT2D eigenvalue weighted by Gasteiger charge is 2.15. The second kappa shape index (κ2) is 6.77. The number of nitrogens with one attached hydrogen (secondary N) is 1. The molecule has 5 heteroatoms. The molecule has 1 aromatic rings. The van der Waals surface area contributed by atoms with Gasteiger partial charge in [-0.25, -0.2) is 0 Å². The molecule has 0 unspecified atom stereocenters. The molecular formula is C12H16ClF2NO. The van der Waals surface area contributed by atoms with Gasteiger partial charge in [-0.15, -0.1) is 12.4 Å². The molecule has 2 rings (SSSR count). The standard InChI is InChI=1S/C12H15F2NO.ClH/c13-12(14)16-10-5-3-4-9(8-10)11-6-1-2-7-15-11;/h3-5,8,11-12,15H,1-2,6-7H2;1H/t11-;/m1./s1. The fraction of sp³-hybridized carbons (Fsp3) is 0.500. The summed E-state index contributed by atoms with van der Waals surface area (Å²) in [4.78, 5) is 0. The highest BCUT2D eigenvalue weighted by Crippen LogP contribution is 2.26. The minimum absolute atomic E-state index is 0. The molecule has 0 saturated carbocycles. The van der Waals surface area contributed by atoms with E-state index >= 15 is 0 Å². The van der Waals surface area contributed by atoms with Crippen molar-refractivity contribution in [3.8, 4) is 5.75 Å². The molecule has 0 radical (unpaired) electrons. The summed E-state index contributed by atoms with van der Waals surface area (Å²) in [5, 5.41) is 3.37. The summed E-state index contributed by atoms with van der Waals surface area (Å²) in [5.74, 6) is 0.236. The molecule has 1 aliphatic rings. The van der Waals surface area contributed by atoms with Crippen LogP contribution in [0.4, 0.5) is 8.78 Å². The normalized spacial score (nSPS) is 19.8. The fourth-order valence-corrected chi connectivity index (χ4v) is 2.04. The van der Waals surface area contributed by atoms with Crippen LogP contribution in [-0.2, 0) is 0 Å². The van der Waals surface area contributed by atoms with Gasteiger partial charge in [0.1, 0.15) is 5.75 Å². The third-order valence-electron chi connectivity index (χ3n) is 2.80. The van der Waals surface area contributed by atoms with Gasteiger partial charge in [0, 0.05) is 6.04 Å². The van der Waals surface area contributed by atoms with Crippen molar-refractivity contribution in [1.29, 1.82) is 0 Å². The summed E-state index contributed by atoms with van der Waals surface area (Å²) >= 11 is 0. The fourth-order valence-electron chi connectivity index (χ4n) is 2.04. The molecule has 0 aromatic heterocycles. The van der Waals surface area contributed by atoms with Crippen molar-refractivity contribution in [2.24, 2.45) is 0 Å². The smallest absolute Gasteiger partial charge is 0.387 e. The Morgan fingerprint density at radius 3 is 2.76 bits per heavy atom. The van der Waals surface area contributed by atoms with E-state index in [0.717, 1.165) is 18.5 Å². The van der Waals surface area contributed by atoms with E-state index in [1.54, 1.807) is 18.2 Å². The third kappa shape index (κ3) is 4.13. The van der Waals surface area contributed by atoms with Gasteiger partial charge in [-0.1, -0.05) is 18.6 Å². The lowest BCUT2D eigenvalue weighted by molar-refractivity contribution is -0.0499. The molecule has 1 atom stereocenters. The van der Waals surface area contributed by atoms with Gasteiger partial charge in [-0.05, 0) is 37.1 Å². The van der Waals surface area contributed by atoms with E-state index in [9.17, 15) is 8.78 Å². The number of ether oxygens (including phenoxy) is 1. The molecule has 1 fully saturated rings. The maximum absolute atomic E-state index is 12.1. The molecule has 1 saturated heterocycles. The molecule has 0 amide bonds. The van der Waals surface area contributed by atoms with E-state index in [0.29, 0.717) is 0 Å². The second-order valence-electron chi connectivity index (χ2n) is 3.95. The van der Waals surface area contributed by atoms with Gasteiger partial charge >= 0.3 is 6.61 Å². The molecule has 96 valence electrons. The number of alkyl halides is 2. The number of halogens is 3. The van der Waals surface area contributed by atoms with E-state index in [2.05, 4.69) is 10.1 Å². The lowest BCUT2D eigenvalue weighted by Gasteiger charge is -2.24. The number of rotatable bonds is 3. The predicted octanol–water partition coefficient (Wildman–Crippen LogP) is 3.52. The molecule has 1 N–H and O–H groups in total. The topological polar surface area (TPSA) is 21.3 Å². The van der Waals surface area contributed by atoms with Crippen molar-refractivity contribution in [2.75, 3.05) is 6.54 Å². The Balaban J connectivity index is 0.00000144. The SMILES string of the molecule is Cl.FC(F)Oc1cccc([C@H]2CCCCN2)c1. The first-order chi connectivity index (χ1) is 7.75. The summed E-state index contributed by atoms with van der Waals surface area (Å²) in [5.41, 5.74) is 1.03. The Bertz CT molecular complexity index is 343. The lowest BCUT2D eigenvalue weighted by Crippen LogP contribution is -2.26. The molecule has 2 nitrogen and oxygen atoms in total. The average Bonchev–Trinajstić information content (AvgIpc) is 2.30. The molecule has 0 aliphatic carbocycles. The number of piperidine rings is 1. The largest absolute Gasteiger partial charge is 0.435 e. The van der Waals surface area contributed by atoms with Crippen LogP contribution in [0.1, 0.15) is 30.9 Å². The number of hydrogen-bond acceptors (Lipinski definition) is 2. The lowest BCUT2D eigenvalue weighted by atomic mass is 9.97. The maximum Gasteiger partial charge on any atom is 0.387 e. The summed E-state index contributed by atoms with van der Waals surface area (Å²) in [6, 6.07) is 7.22. The second-order valence-corrected chi connectivity index (χ2v) is 3.95. The van der Waals surface area contributed by atoms with Gasteiger partial charge in [-0.3, -0.25) is 0 Å². The Morgan fingerprint density at radius 1 is 1.29 bits per heavy atom. The first-order valence-corrected chi connectivity index (χ1v) is 5.54. The molecular weight excluding hydrogens is 248 g/mol. The highest BCUT2D eigenvalue weighted by molar-refractivity contribution is 5.85. The first kappa shape index (κ1) is 14.2. The van der Waals surface area contributed by atoms with Crippen LogP contribution in [0.15, 0.2) is 24.3 Å². The number of benzene rings is 1. The summed E-state index contributed by atoms with van der Waals surface area (Å²) < 4.78 is 28.5. The third-order valence-corrected chi connectivity index (χ3v) is 2.80. The van der Waals surface area contributed by atoms with Gasteiger partial charge < -0.3 is 10.1 Å². The highest BCUT2D eigenvalue weighted by atomic mass is 35.5. The van der Waals surface area contributed by atoms with Crippen molar-refractivity contribution in [3.05, 3.63) is 29.8 Å². The van der Waals surface area contributed by atoms with Crippen LogP contribution in [0.25, 0.3) is 0 Å². The van der Waals surface area contributed by atoms with Crippen molar-refractivity contribution >= 4 is 12.4 Å². The van der Waals surface area contributed by atoms with Gasteiger partial charge in [0.25, 0.3) is 0 Å². The predicted molar refractivity (Wildman–Crippen MR) is 64.9 cm³/mol. The van der Waals surface area contributed by atoms with E-state index in [1.165, 1.54) is 12.8 Å². The summed E-state index contributed by atoms with van der Waals surface area (Å²) in [6.07, 6.45) is 3.42. The molecule has 1 aliphatic heterocycles. The molecule has 0 spiro atoms. The van der Waals surface area contributed by atoms with Gasteiger partial charge in [-0.2, -0.15) is 8.78 Å². The Labute approximate surface area is 106 Å². The zero-order valence-corrected chi connectivity index (χ0v) is 10.2. The van der Waals surface area contributed by atoms with Crippen LogP contribution < -0.4 is 10.1 Å². The Hall–Kier alpha value is -0.870. The van der Waals surface area contributed by atoms with Gasteiger partial charge in [0.2, 0.25) is 0 Å². The molecule has 1 aromatic carbocycles.